The third-order valence-corrected chi connectivity index (χ3v) is 5.13. The monoisotopic (exact) mass is 377 g/mol. The SMILES string of the molecule is Cc1nc2c(c(OCc3ccc(C(F)(F)F)cc3)n1)C(CC1CC1)NCC2. The van der Waals surface area contributed by atoms with Crippen LogP contribution >= 0.6 is 0 Å². The highest BCUT2D eigenvalue weighted by atomic mass is 19.4. The number of hydrogen-bond donors (Lipinski definition) is 1. The maximum absolute atomic E-state index is 12.7. The fourth-order valence-corrected chi connectivity index (χ4v) is 3.56. The van der Waals surface area contributed by atoms with E-state index < -0.39 is 11.7 Å². The molecule has 2 heterocycles. The maximum Gasteiger partial charge on any atom is 0.416 e. The molecule has 4 rings (SSSR count). The summed E-state index contributed by atoms with van der Waals surface area (Å²) in [7, 11) is 0. The fraction of sp³-hybridized carbons (Fsp3) is 0.500. The molecule has 1 aromatic carbocycles. The van der Waals surface area contributed by atoms with E-state index in [1.54, 1.807) is 0 Å². The van der Waals surface area contributed by atoms with Crippen LogP contribution in [0.25, 0.3) is 0 Å². The minimum atomic E-state index is -4.33. The number of nitrogens with zero attached hydrogens (tertiary/aromatic N) is 2. The van der Waals surface area contributed by atoms with Gasteiger partial charge in [0.25, 0.3) is 0 Å². The molecule has 144 valence electrons. The van der Waals surface area contributed by atoms with E-state index in [-0.39, 0.29) is 12.6 Å². The molecule has 0 radical (unpaired) electrons. The van der Waals surface area contributed by atoms with E-state index in [0.29, 0.717) is 17.3 Å². The van der Waals surface area contributed by atoms with Crippen LogP contribution in [0, 0.1) is 12.8 Å². The van der Waals surface area contributed by atoms with Gasteiger partial charge in [-0.15, -0.1) is 0 Å². The van der Waals surface area contributed by atoms with E-state index in [4.69, 9.17) is 4.74 Å². The summed E-state index contributed by atoms with van der Waals surface area (Å²) in [5.41, 5.74) is 2.06. The number of halogens is 3. The molecule has 0 amide bonds. The minimum Gasteiger partial charge on any atom is -0.472 e. The molecule has 1 aliphatic heterocycles. The quantitative estimate of drug-likeness (QED) is 0.841. The van der Waals surface area contributed by atoms with E-state index in [2.05, 4.69) is 15.3 Å². The van der Waals surface area contributed by atoms with Crippen molar-refractivity contribution in [1.82, 2.24) is 15.3 Å². The standard InChI is InChI=1S/C20H22F3N3O/c1-12-25-16-8-9-24-17(10-13-2-3-13)18(16)19(26-12)27-11-14-4-6-15(7-5-14)20(21,22)23/h4-7,13,17,24H,2-3,8-11H2,1H3. The molecular formula is C20H22F3N3O. The normalized spacial score (nSPS) is 19.6. The van der Waals surface area contributed by atoms with Gasteiger partial charge in [0.2, 0.25) is 5.88 Å². The number of benzene rings is 1. The summed E-state index contributed by atoms with van der Waals surface area (Å²) < 4.78 is 44.1. The number of nitrogens with one attached hydrogen (secondary N) is 1. The molecule has 1 atom stereocenters. The van der Waals surface area contributed by atoms with Crippen molar-refractivity contribution in [1.29, 1.82) is 0 Å². The average molecular weight is 377 g/mol. The maximum atomic E-state index is 12.7. The topological polar surface area (TPSA) is 47.0 Å². The second kappa shape index (κ2) is 7.11. The van der Waals surface area contributed by atoms with Gasteiger partial charge in [0.15, 0.2) is 0 Å². The number of alkyl halides is 3. The van der Waals surface area contributed by atoms with Crippen LogP contribution in [-0.2, 0) is 19.2 Å². The van der Waals surface area contributed by atoms with E-state index in [1.807, 2.05) is 6.92 Å². The number of rotatable bonds is 5. The Kier molecular flexibility index (Phi) is 4.80. The lowest BCUT2D eigenvalue weighted by Crippen LogP contribution is -2.32. The second-order valence-corrected chi connectivity index (χ2v) is 7.36. The largest absolute Gasteiger partial charge is 0.472 e. The van der Waals surface area contributed by atoms with Gasteiger partial charge in [-0.1, -0.05) is 25.0 Å². The Morgan fingerprint density at radius 3 is 2.56 bits per heavy atom. The van der Waals surface area contributed by atoms with Gasteiger partial charge in [0.05, 0.1) is 16.8 Å². The first-order valence-electron chi connectivity index (χ1n) is 9.30. The van der Waals surface area contributed by atoms with Gasteiger partial charge in [0, 0.05) is 19.0 Å². The minimum absolute atomic E-state index is 0.178. The van der Waals surface area contributed by atoms with Gasteiger partial charge in [-0.3, -0.25) is 0 Å². The Hall–Kier alpha value is -2.15. The van der Waals surface area contributed by atoms with Crippen LogP contribution in [-0.4, -0.2) is 16.5 Å². The highest BCUT2D eigenvalue weighted by Gasteiger charge is 2.32. The zero-order valence-corrected chi connectivity index (χ0v) is 15.1. The molecule has 1 aliphatic carbocycles. The van der Waals surface area contributed by atoms with Crippen LogP contribution < -0.4 is 10.1 Å². The molecule has 7 heteroatoms. The summed E-state index contributed by atoms with van der Waals surface area (Å²) in [4.78, 5) is 9.07. The van der Waals surface area contributed by atoms with Gasteiger partial charge in [0.1, 0.15) is 12.4 Å². The summed E-state index contributed by atoms with van der Waals surface area (Å²) in [6.45, 7) is 2.90. The van der Waals surface area contributed by atoms with Crippen molar-refractivity contribution in [2.75, 3.05) is 6.54 Å². The lowest BCUT2D eigenvalue weighted by atomic mass is 9.95. The van der Waals surface area contributed by atoms with E-state index >= 15 is 0 Å². The molecule has 0 bridgehead atoms. The molecule has 1 fully saturated rings. The van der Waals surface area contributed by atoms with E-state index in [1.165, 1.54) is 25.0 Å². The summed E-state index contributed by atoms with van der Waals surface area (Å²) in [5, 5.41) is 3.54. The van der Waals surface area contributed by atoms with E-state index in [0.717, 1.165) is 48.7 Å². The number of aromatic nitrogens is 2. The molecule has 4 nitrogen and oxygen atoms in total. The Morgan fingerprint density at radius 2 is 1.89 bits per heavy atom. The van der Waals surface area contributed by atoms with Crippen LogP contribution in [0.3, 0.4) is 0 Å². The van der Waals surface area contributed by atoms with Gasteiger partial charge >= 0.3 is 6.18 Å². The fourth-order valence-electron chi connectivity index (χ4n) is 3.56. The van der Waals surface area contributed by atoms with Crippen LogP contribution in [0.1, 0.15) is 53.5 Å². The Balaban J connectivity index is 1.54. The summed E-state index contributed by atoms with van der Waals surface area (Å²) in [5.74, 6) is 1.95. The van der Waals surface area contributed by atoms with Crippen molar-refractivity contribution in [2.45, 2.75) is 51.4 Å². The lowest BCUT2D eigenvalue weighted by molar-refractivity contribution is -0.137. The third kappa shape index (κ3) is 4.24. The molecule has 0 spiro atoms. The Bertz CT molecular complexity index is 816. The number of hydrogen-bond acceptors (Lipinski definition) is 4. The first-order valence-corrected chi connectivity index (χ1v) is 9.30. The second-order valence-electron chi connectivity index (χ2n) is 7.36. The van der Waals surface area contributed by atoms with Crippen LogP contribution in [0.5, 0.6) is 5.88 Å². The highest BCUT2D eigenvalue weighted by molar-refractivity contribution is 5.37. The number of fused-ring (bicyclic) bond motifs is 1. The lowest BCUT2D eigenvalue weighted by Gasteiger charge is -2.28. The zero-order valence-electron chi connectivity index (χ0n) is 15.1. The molecule has 1 saturated carbocycles. The third-order valence-electron chi connectivity index (χ3n) is 5.13. The van der Waals surface area contributed by atoms with Crippen molar-refractivity contribution < 1.29 is 17.9 Å². The molecule has 2 aliphatic rings. The van der Waals surface area contributed by atoms with E-state index in [9.17, 15) is 13.2 Å². The van der Waals surface area contributed by atoms with Crippen molar-refractivity contribution in [3.8, 4) is 5.88 Å². The molecule has 1 unspecified atom stereocenters. The first kappa shape index (κ1) is 18.2. The van der Waals surface area contributed by atoms with Gasteiger partial charge in [-0.25, -0.2) is 4.98 Å². The van der Waals surface area contributed by atoms with Crippen molar-refractivity contribution >= 4 is 0 Å². The van der Waals surface area contributed by atoms with Crippen LogP contribution in [0.15, 0.2) is 24.3 Å². The predicted molar refractivity (Wildman–Crippen MR) is 94.3 cm³/mol. The molecule has 1 aromatic heterocycles. The van der Waals surface area contributed by atoms with Crippen molar-refractivity contribution in [3.05, 3.63) is 52.5 Å². The van der Waals surface area contributed by atoms with Crippen LogP contribution in [0.4, 0.5) is 13.2 Å². The van der Waals surface area contributed by atoms with Crippen LogP contribution in [0.2, 0.25) is 0 Å². The summed E-state index contributed by atoms with van der Waals surface area (Å²) >= 11 is 0. The molecule has 27 heavy (non-hydrogen) atoms. The first-order chi connectivity index (χ1) is 12.9. The Labute approximate surface area is 156 Å². The molecule has 1 N–H and O–H groups in total. The molecule has 2 aromatic rings. The van der Waals surface area contributed by atoms with Gasteiger partial charge in [-0.05, 0) is 37.0 Å². The number of ether oxygens (including phenoxy) is 1. The summed E-state index contributed by atoms with van der Waals surface area (Å²) in [6, 6.07) is 5.24. The molecular weight excluding hydrogens is 355 g/mol. The average Bonchev–Trinajstić information content (AvgIpc) is 3.43. The van der Waals surface area contributed by atoms with Gasteiger partial charge < -0.3 is 10.1 Å². The number of aryl methyl sites for hydroxylation is 1. The Morgan fingerprint density at radius 1 is 1.15 bits per heavy atom. The highest BCUT2D eigenvalue weighted by Crippen LogP contribution is 2.41. The summed E-state index contributed by atoms with van der Waals surface area (Å²) in [6.07, 6.45) is 0.0838. The zero-order chi connectivity index (χ0) is 19.0. The smallest absolute Gasteiger partial charge is 0.416 e. The van der Waals surface area contributed by atoms with Gasteiger partial charge in [-0.2, -0.15) is 18.2 Å². The van der Waals surface area contributed by atoms with Crippen molar-refractivity contribution in [3.63, 3.8) is 0 Å². The van der Waals surface area contributed by atoms with Crippen molar-refractivity contribution in [2.24, 2.45) is 5.92 Å². The molecule has 0 saturated heterocycles. The predicted octanol–water partition coefficient (Wildman–Crippen LogP) is 4.37.